The third-order valence-corrected chi connectivity index (χ3v) is 3.32. The summed E-state index contributed by atoms with van der Waals surface area (Å²) in [5.41, 5.74) is 1.50. The van der Waals surface area contributed by atoms with Crippen molar-refractivity contribution < 1.29 is 9.90 Å². The Kier molecular flexibility index (Phi) is 3.33. The van der Waals surface area contributed by atoms with Gasteiger partial charge in [0.25, 0.3) is 0 Å². The van der Waals surface area contributed by atoms with Crippen LogP contribution >= 0.6 is 0 Å². The quantitative estimate of drug-likeness (QED) is 0.679. The smallest absolute Gasteiger partial charge is 0.229 e. The molecule has 4 nitrogen and oxygen atoms in total. The maximum Gasteiger partial charge on any atom is 0.229 e. The normalized spacial score (nSPS) is 23.6. The van der Waals surface area contributed by atoms with E-state index >= 15 is 0 Å². The Morgan fingerprint density at radius 2 is 2.24 bits per heavy atom. The topological polar surface area (TPSA) is 61.4 Å². The standard InChI is InChI=1S/C13H18N2O2/c1-8-5-10(3-4-12(8)16)15-13(17)11-7-14-6-9(11)2/h3-5,9,11,14,16H,6-7H2,1-2H3,(H,15,17)/t9-,11-/m1/s1. The molecule has 2 atom stereocenters. The molecule has 1 aliphatic heterocycles. The van der Waals surface area contributed by atoms with Crippen LogP contribution in [0.5, 0.6) is 5.75 Å². The Balaban J connectivity index is 2.05. The Bertz CT molecular complexity index is 431. The van der Waals surface area contributed by atoms with E-state index in [0.717, 1.165) is 24.3 Å². The summed E-state index contributed by atoms with van der Waals surface area (Å²) in [7, 11) is 0. The number of aromatic hydroxyl groups is 1. The molecule has 1 heterocycles. The van der Waals surface area contributed by atoms with Gasteiger partial charge in [0.2, 0.25) is 5.91 Å². The van der Waals surface area contributed by atoms with E-state index < -0.39 is 0 Å². The lowest BCUT2D eigenvalue weighted by Gasteiger charge is -2.14. The molecule has 1 aliphatic rings. The summed E-state index contributed by atoms with van der Waals surface area (Å²) in [5, 5.41) is 15.5. The number of rotatable bonds is 2. The number of phenols is 1. The second-order valence-electron chi connectivity index (χ2n) is 4.73. The lowest BCUT2D eigenvalue weighted by atomic mass is 9.97. The van der Waals surface area contributed by atoms with Crippen molar-refractivity contribution in [2.75, 3.05) is 18.4 Å². The number of aryl methyl sites for hydroxylation is 1. The number of phenolic OH excluding ortho intramolecular Hbond substituents is 1. The molecular formula is C13H18N2O2. The van der Waals surface area contributed by atoms with Gasteiger partial charge in [0.1, 0.15) is 5.75 Å². The highest BCUT2D eigenvalue weighted by atomic mass is 16.3. The van der Waals surface area contributed by atoms with Crippen molar-refractivity contribution in [2.24, 2.45) is 11.8 Å². The molecular weight excluding hydrogens is 216 g/mol. The number of hydrogen-bond donors (Lipinski definition) is 3. The minimum Gasteiger partial charge on any atom is -0.508 e. The second-order valence-corrected chi connectivity index (χ2v) is 4.73. The van der Waals surface area contributed by atoms with Crippen LogP contribution in [0.25, 0.3) is 0 Å². The fraction of sp³-hybridized carbons (Fsp3) is 0.462. The summed E-state index contributed by atoms with van der Waals surface area (Å²) < 4.78 is 0. The van der Waals surface area contributed by atoms with Crippen molar-refractivity contribution in [3.8, 4) is 5.75 Å². The van der Waals surface area contributed by atoms with Crippen LogP contribution in [0.3, 0.4) is 0 Å². The van der Waals surface area contributed by atoms with Gasteiger partial charge in [-0.1, -0.05) is 6.92 Å². The maximum absolute atomic E-state index is 12.0. The lowest BCUT2D eigenvalue weighted by Crippen LogP contribution is -2.27. The first kappa shape index (κ1) is 11.9. The van der Waals surface area contributed by atoms with Crippen molar-refractivity contribution in [2.45, 2.75) is 13.8 Å². The highest BCUT2D eigenvalue weighted by Crippen LogP contribution is 2.22. The number of nitrogens with one attached hydrogen (secondary N) is 2. The summed E-state index contributed by atoms with van der Waals surface area (Å²) in [5.74, 6) is 0.698. The molecule has 1 fully saturated rings. The predicted octanol–water partition coefficient (Wildman–Crippen LogP) is 1.49. The van der Waals surface area contributed by atoms with E-state index in [2.05, 4.69) is 17.6 Å². The Hall–Kier alpha value is -1.55. The van der Waals surface area contributed by atoms with Gasteiger partial charge in [-0.3, -0.25) is 4.79 Å². The van der Waals surface area contributed by atoms with Gasteiger partial charge >= 0.3 is 0 Å². The molecule has 1 aromatic carbocycles. The molecule has 0 aliphatic carbocycles. The van der Waals surface area contributed by atoms with E-state index in [0.29, 0.717) is 5.92 Å². The Morgan fingerprint density at radius 1 is 1.47 bits per heavy atom. The van der Waals surface area contributed by atoms with Crippen LogP contribution in [0, 0.1) is 18.8 Å². The molecule has 1 aromatic rings. The Morgan fingerprint density at radius 3 is 2.82 bits per heavy atom. The molecule has 0 unspecified atom stereocenters. The number of benzene rings is 1. The minimum absolute atomic E-state index is 0.0316. The zero-order valence-corrected chi connectivity index (χ0v) is 10.2. The van der Waals surface area contributed by atoms with Gasteiger partial charge in [-0.05, 0) is 43.1 Å². The van der Waals surface area contributed by atoms with Crippen molar-refractivity contribution in [3.05, 3.63) is 23.8 Å². The van der Waals surface area contributed by atoms with Crippen molar-refractivity contribution in [1.29, 1.82) is 0 Å². The largest absolute Gasteiger partial charge is 0.508 e. The number of carbonyl (C=O) groups excluding carboxylic acids is 1. The van der Waals surface area contributed by atoms with Crippen LogP contribution in [0.15, 0.2) is 18.2 Å². The molecule has 0 bridgehead atoms. The van der Waals surface area contributed by atoms with Gasteiger partial charge < -0.3 is 15.7 Å². The summed E-state index contributed by atoms with van der Waals surface area (Å²) >= 11 is 0. The maximum atomic E-state index is 12.0. The summed E-state index contributed by atoms with van der Waals surface area (Å²) in [4.78, 5) is 12.0. The molecule has 1 saturated heterocycles. The number of amides is 1. The molecule has 0 radical (unpaired) electrons. The number of hydrogen-bond acceptors (Lipinski definition) is 3. The van der Waals surface area contributed by atoms with Crippen LogP contribution in [0.4, 0.5) is 5.69 Å². The highest BCUT2D eigenvalue weighted by molar-refractivity contribution is 5.93. The molecule has 17 heavy (non-hydrogen) atoms. The lowest BCUT2D eigenvalue weighted by molar-refractivity contribution is -0.120. The van der Waals surface area contributed by atoms with Crippen molar-refractivity contribution in [3.63, 3.8) is 0 Å². The first-order valence-corrected chi connectivity index (χ1v) is 5.89. The molecule has 0 saturated carbocycles. The number of anilines is 1. The average Bonchev–Trinajstić information content (AvgIpc) is 2.70. The molecule has 0 aromatic heterocycles. The number of carbonyl (C=O) groups is 1. The van der Waals surface area contributed by atoms with E-state index in [-0.39, 0.29) is 17.6 Å². The van der Waals surface area contributed by atoms with E-state index in [1.807, 2.05) is 6.92 Å². The molecule has 4 heteroatoms. The van der Waals surface area contributed by atoms with Crippen LogP contribution in [0.2, 0.25) is 0 Å². The third-order valence-electron chi connectivity index (χ3n) is 3.32. The average molecular weight is 234 g/mol. The Labute approximate surface area is 101 Å². The van der Waals surface area contributed by atoms with Crippen molar-refractivity contribution >= 4 is 11.6 Å². The zero-order valence-electron chi connectivity index (χ0n) is 10.2. The first-order chi connectivity index (χ1) is 8.08. The summed E-state index contributed by atoms with van der Waals surface area (Å²) in [6, 6.07) is 5.09. The highest BCUT2D eigenvalue weighted by Gasteiger charge is 2.29. The van der Waals surface area contributed by atoms with E-state index in [4.69, 9.17) is 0 Å². The zero-order chi connectivity index (χ0) is 12.4. The van der Waals surface area contributed by atoms with Gasteiger partial charge in [-0.25, -0.2) is 0 Å². The van der Waals surface area contributed by atoms with Crippen LogP contribution < -0.4 is 10.6 Å². The van der Waals surface area contributed by atoms with Crippen molar-refractivity contribution in [1.82, 2.24) is 5.32 Å². The van der Waals surface area contributed by atoms with Gasteiger partial charge in [-0.2, -0.15) is 0 Å². The van der Waals surface area contributed by atoms with Crippen LogP contribution in [-0.4, -0.2) is 24.1 Å². The molecule has 3 N–H and O–H groups in total. The van der Waals surface area contributed by atoms with E-state index in [1.54, 1.807) is 18.2 Å². The SMILES string of the molecule is Cc1cc(NC(=O)[C@@H]2CNC[C@H]2C)ccc1O. The molecule has 2 rings (SSSR count). The third kappa shape index (κ3) is 2.58. The fourth-order valence-corrected chi connectivity index (χ4v) is 2.13. The van der Waals surface area contributed by atoms with Gasteiger partial charge in [0.05, 0.1) is 5.92 Å². The molecule has 1 amide bonds. The predicted molar refractivity (Wildman–Crippen MR) is 67.0 cm³/mol. The van der Waals surface area contributed by atoms with Gasteiger partial charge in [-0.15, -0.1) is 0 Å². The van der Waals surface area contributed by atoms with Crippen LogP contribution in [0.1, 0.15) is 12.5 Å². The fourth-order valence-electron chi connectivity index (χ4n) is 2.13. The van der Waals surface area contributed by atoms with Crippen LogP contribution in [-0.2, 0) is 4.79 Å². The van der Waals surface area contributed by atoms with E-state index in [9.17, 15) is 9.90 Å². The van der Waals surface area contributed by atoms with Gasteiger partial charge in [0, 0.05) is 12.2 Å². The molecule has 0 spiro atoms. The first-order valence-electron chi connectivity index (χ1n) is 5.89. The monoisotopic (exact) mass is 234 g/mol. The second kappa shape index (κ2) is 4.75. The summed E-state index contributed by atoms with van der Waals surface area (Å²) in [6.07, 6.45) is 0. The van der Waals surface area contributed by atoms with E-state index in [1.165, 1.54) is 0 Å². The summed E-state index contributed by atoms with van der Waals surface area (Å²) in [6.45, 7) is 5.52. The minimum atomic E-state index is 0.0316. The van der Waals surface area contributed by atoms with Gasteiger partial charge in [0.15, 0.2) is 0 Å². The molecule has 92 valence electrons.